The number of amides is 1. The Hall–Kier alpha value is -2.11. The van der Waals surface area contributed by atoms with Crippen LogP contribution >= 0.6 is 0 Å². The van der Waals surface area contributed by atoms with Crippen molar-refractivity contribution >= 4 is 5.91 Å². The average molecular weight is 438 g/mol. The molecule has 0 unspecified atom stereocenters. The van der Waals surface area contributed by atoms with Crippen molar-refractivity contribution < 1.29 is 9.90 Å². The topological polar surface area (TPSA) is 55.8 Å². The van der Waals surface area contributed by atoms with Gasteiger partial charge in [-0.1, -0.05) is 49.3 Å². The summed E-state index contributed by atoms with van der Waals surface area (Å²) in [6.45, 7) is 3.10. The van der Waals surface area contributed by atoms with E-state index in [4.69, 9.17) is 5.11 Å². The van der Waals surface area contributed by atoms with Crippen LogP contribution in [-0.2, 0) is 11.3 Å². The molecular weight excluding hydrogens is 398 g/mol. The first-order chi connectivity index (χ1) is 15.8. The lowest BCUT2D eigenvalue weighted by atomic mass is 9.92. The van der Waals surface area contributed by atoms with Crippen LogP contribution in [0.1, 0.15) is 74.8 Å². The van der Waals surface area contributed by atoms with E-state index in [0.717, 1.165) is 57.4 Å². The Morgan fingerprint density at radius 1 is 1.03 bits per heavy atom. The lowest BCUT2D eigenvalue weighted by molar-refractivity contribution is -0.129. The highest BCUT2D eigenvalue weighted by molar-refractivity contribution is 5.93. The molecule has 4 rings (SSSR count). The minimum Gasteiger partial charge on any atom is -0.395 e. The molecule has 2 N–H and O–H groups in total. The zero-order valence-electron chi connectivity index (χ0n) is 19.3. The molecule has 1 amide bonds. The van der Waals surface area contributed by atoms with Gasteiger partial charge in [-0.15, -0.1) is 0 Å². The van der Waals surface area contributed by atoms with Crippen LogP contribution in [0.2, 0.25) is 0 Å². The average Bonchev–Trinajstić information content (AvgIpc) is 3.35. The van der Waals surface area contributed by atoms with E-state index in [0.29, 0.717) is 18.5 Å². The fourth-order valence-electron chi connectivity index (χ4n) is 5.44. The van der Waals surface area contributed by atoms with E-state index in [1.807, 2.05) is 4.90 Å². The van der Waals surface area contributed by atoms with Gasteiger partial charge in [0.05, 0.1) is 6.61 Å². The molecule has 1 aromatic rings. The lowest BCUT2D eigenvalue weighted by Gasteiger charge is -2.35. The van der Waals surface area contributed by atoms with Gasteiger partial charge in [0.25, 0.3) is 5.91 Å². The molecule has 5 nitrogen and oxygen atoms in total. The molecule has 5 heteroatoms. The number of nitrogens with zero attached hydrogens (tertiary/aromatic N) is 2. The van der Waals surface area contributed by atoms with Gasteiger partial charge in [-0.05, 0) is 62.0 Å². The van der Waals surface area contributed by atoms with E-state index in [-0.39, 0.29) is 12.5 Å². The lowest BCUT2D eigenvalue weighted by Crippen LogP contribution is -2.47. The second kappa shape index (κ2) is 11.7. The number of hydrogen-bond donors (Lipinski definition) is 2. The Bertz CT molecular complexity index is 805. The quantitative estimate of drug-likeness (QED) is 0.668. The Morgan fingerprint density at radius 2 is 1.81 bits per heavy atom. The first-order valence-corrected chi connectivity index (χ1v) is 12.6. The number of aliphatic hydroxyl groups is 1. The van der Waals surface area contributed by atoms with Gasteiger partial charge < -0.3 is 20.2 Å². The number of hydrogen-bond acceptors (Lipinski definition) is 4. The van der Waals surface area contributed by atoms with E-state index in [1.165, 1.54) is 36.8 Å². The van der Waals surface area contributed by atoms with Gasteiger partial charge in [0.15, 0.2) is 0 Å². The van der Waals surface area contributed by atoms with Crippen molar-refractivity contribution in [2.75, 3.05) is 26.2 Å². The second-order valence-corrected chi connectivity index (χ2v) is 9.46. The van der Waals surface area contributed by atoms with Crippen molar-refractivity contribution in [3.8, 4) is 0 Å². The van der Waals surface area contributed by atoms with Crippen molar-refractivity contribution in [3.05, 3.63) is 59.4 Å². The molecule has 1 saturated carbocycles. The summed E-state index contributed by atoms with van der Waals surface area (Å²) in [5.74, 6) is 0.828. The number of carbonyl (C=O) groups is 1. The monoisotopic (exact) mass is 437 g/mol. The molecule has 2 fully saturated rings. The third-order valence-corrected chi connectivity index (χ3v) is 7.24. The first-order valence-electron chi connectivity index (χ1n) is 12.6. The van der Waals surface area contributed by atoms with Crippen LogP contribution in [0.5, 0.6) is 0 Å². The van der Waals surface area contributed by atoms with Crippen LogP contribution in [0, 0.1) is 0 Å². The van der Waals surface area contributed by atoms with Crippen LogP contribution in [-0.4, -0.2) is 53.1 Å². The Kier molecular flexibility index (Phi) is 8.41. The molecule has 0 aromatic heterocycles. The summed E-state index contributed by atoms with van der Waals surface area (Å²) >= 11 is 0. The third kappa shape index (κ3) is 5.81. The predicted octanol–water partition coefficient (Wildman–Crippen LogP) is 4.30. The molecule has 32 heavy (non-hydrogen) atoms. The highest BCUT2D eigenvalue weighted by Gasteiger charge is 2.28. The fourth-order valence-corrected chi connectivity index (χ4v) is 5.44. The molecule has 174 valence electrons. The molecular formula is C27H39N3O2. The van der Waals surface area contributed by atoms with Gasteiger partial charge in [0.2, 0.25) is 0 Å². The zero-order valence-corrected chi connectivity index (χ0v) is 19.3. The number of likely N-dealkylation sites (tertiary alicyclic amines) is 1. The van der Waals surface area contributed by atoms with Gasteiger partial charge in [0.1, 0.15) is 5.70 Å². The Morgan fingerprint density at radius 3 is 2.59 bits per heavy atom. The molecule has 1 aliphatic carbocycles. The van der Waals surface area contributed by atoms with Crippen molar-refractivity contribution in [1.29, 1.82) is 0 Å². The number of piperidine rings is 1. The van der Waals surface area contributed by atoms with Gasteiger partial charge in [0, 0.05) is 38.4 Å². The normalized spacial score (nSPS) is 20.8. The minimum absolute atomic E-state index is 0.162. The summed E-state index contributed by atoms with van der Waals surface area (Å²) in [4.78, 5) is 17.8. The zero-order chi connectivity index (χ0) is 22.2. The largest absolute Gasteiger partial charge is 0.395 e. The van der Waals surface area contributed by atoms with Gasteiger partial charge >= 0.3 is 0 Å². The van der Waals surface area contributed by atoms with Crippen LogP contribution in [0.15, 0.2) is 48.3 Å². The van der Waals surface area contributed by atoms with Gasteiger partial charge in [-0.3, -0.25) is 4.79 Å². The van der Waals surface area contributed by atoms with E-state index in [9.17, 15) is 4.79 Å². The minimum atomic E-state index is 0.162. The molecule has 2 heterocycles. The van der Waals surface area contributed by atoms with Gasteiger partial charge in [-0.2, -0.15) is 0 Å². The maximum atomic E-state index is 13.6. The van der Waals surface area contributed by atoms with E-state index in [2.05, 4.69) is 52.8 Å². The molecule has 0 atom stereocenters. The molecule has 1 saturated heterocycles. The van der Waals surface area contributed by atoms with E-state index >= 15 is 0 Å². The number of carbonyl (C=O) groups excluding carboxylic acids is 1. The third-order valence-electron chi connectivity index (χ3n) is 7.24. The number of benzene rings is 1. The first kappa shape index (κ1) is 23.1. The smallest absolute Gasteiger partial charge is 0.270 e. The molecule has 2 aliphatic heterocycles. The van der Waals surface area contributed by atoms with E-state index < -0.39 is 0 Å². The van der Waals surface area contributed by atoms with Crippen molar-refractivity contribution in [2.45, 2.75) is 76.3 Å². The Labute approximate surface area is 193 Å². The summed E-state index contributed by atoms with van der Waals surface area (Å²) < 4.78 is 0. The number of nitrogens with one attached hydrogen (secondary N) is 1. The van der Waals surface area contributed by atoms with Crippen LogP contribution in [0.4, 0.5) is 0 Å². The summed E-state index contributed by atoms with van der Waals surface area (Å²) in [7, 11) is 0. The molecule has 0 spiro atoms. The van der Waals surface area contributed by atoms with E-state index in [1.54, 1.807) is 0 Å². The Balaban J connectivity index is 1.48. The summed E-state index contributed by atoms with van der Waals surface area (Å²) in [5.41, 5.74) is 3.67. The van der Waals surface area contributed by atoms with Crippen molar-refractivity contribution in [2.24, 2.45) is 0 Å². The van der Waals surface area contributed by atoms with Crippen LogP contribution < -0.4 is 5.32 Å². The molecule has 0 bridgehead atoms. The number of allylic oxidation sites excluding steroid dienone is 2. The fraction of sp³-hybridized carbons (Fsp3) is 0.593. The van der Waals surface area contributed by atoms with Crippen molar-refractivity contribution in [3.63, 3.8) is 0 Å². The van der Waals surface area contributed by atoms with Crippen LogP contribution in [0.25, 0.3) is 0 Å². The molecule has 3 aliphatic rings. The second-order valence-electron chi connectivity index (χ2n) is 9.46. The number of aliphatic hydroxyl groups excluding tert-OH is 1. The van der Waals surface area contributed by atoms with Crippen LogP contribution in [0.3, 0.4) is 0 Å². The SMILES string of the molecule is O=C(C1=CCCCC=CN1Cc1ccccc1C1CCCC1)N1CCC(NCCO)CC1. The number of rotatable bonds is 7. The maximum absolute atomic E-state index is 13.6. The van der Waals surface area contributed by atoms with Crippen molar-refractivity contribution in [1.82, 2.24) is 15.1 Å². The maximum Gasteiger partial charge on any atom is 0.270 e. The summed E-state index contributed by atoms with van der Waals surface area (Å²) in [6.07, 6.45) is 16.7. The highest BCUT2D eigenvalue weighted by Crippen LogP contribution is 2.36. The summed E-state index contributed by atoms with van der Waals surface area (Å²) in [5, 5.41) is 12.4. The summed E-state index contributed by atoms with van der Waals surface area (Å²) in [6, 6.07) is 9.25. The standard InChI is InChI=1S/C27H39N3O2/c31-20-16-28-24-14-18-29(19-15-24)27(32)26-13-3-1-2-8-17-30(26)21-23-11-6-7-12-25(23)22-9-4-5-10-22/h6-8,11-13,17,22,24,28,31H,1-5,9-10,14-16,18-21H2. The molecule has 0 radical (unpaired) electrons. The predicted molar refractivity (Wildman–Crippen MR) is 129 cm³/mol. The van der Waals surface area contributed by atoms with Gasteiger partial charge in [-0.25, -0.2) is 0 Å². The highest BCUT2D eigenvalue weighted by atomic mass is 16.3. The molecule has 1 aromatic carbocycles.